The number of fused-ring (bicyclic) bond motifs is 1. The summed E-state index contributed by atoms with van der Waals surface area (Å²) < 4.78 is 44.3. The van der Waals surface area contributed by atoms with Crippen LogP contribution in [0.5, 0.6) is 5.75 Å². The Kier molecular flexibility index (Phi) is 3.46. The van der Waals surface area contributed by atoms with Crippen molar-refractivity contribution in [3.05, 3.63) is 23.8 Å². The van der Waals surface area contributed by atoms with Crippen LogP contribution >= 0.6 is 0 Å². The zero-order chi connectivity index (χ0) is 15.2. The van der Waals surface area contributed by atoms with Gasteiger partial charge in [-0.15, -0.1) is 0 Å². The molecule has 120 valence electrons. The smallest absolute Gasteiger partial charge is 0.178 e. The van der Waals surface area contributed by atoms with Crippen molar-refractivity contribution in [2.75, 3.05) is 31.3 Å². The van der Waals surface area contributed by atoms with Gasteiger partial charge in [-0.25, -0.2) is 8.78 Å². The van der Waals surface area contributed by atoms with Gasteiger partial charge in [0.15, 0.2) is 17.4 Å². The lowest BCUT2D eigenvalue weighted by molar-refractivity contribution is -0.178. The van der Waals surface area contributed by atoms with E-state index in [1.54, 1.807) is 0 Å². The molecule has 1 spiro atoms. The lowest BCUT2D eigenvalue weighted by atomic mass is 9.88. The van der Waals surface area contributed by atoms with Crippen molar-refractivity contribution in [3.8, 4) is 5.75 Å². The van der Waals surface area contributed by atoms with Gasteiger partial charge in [0, 0.05) is 31.0 Å². The second-order valence-electron chi connectivity index (χ2n) is 6.12. The Morgan fingerprint density at radius 1 is 1.05 bits per heavy atom. The quantitative estimate of drug-likeness (QED) is 0.798. The van der Waals surface area contributed by atoms with E-state index < -0.39 is 17.4 Å². The van der Waals surface area contributed by atoms with Crippen molar-refractivity contribution in [2.45, 2.75) is 37.5 Å². The average Bonchev–Trinajstić information content (AvgIpc) is 2.96. The van der Waals surface area contributed by atoms with E-state index in [1.807, 2.05) is 0 Å². The number of nitrogens with zero attached hydrogens (tertiary/aromatic N) is 1. The van der Waals surface area contributed by atoms with Gasteiger partial charge in [-0.2, -0.15) is 0 Å². The highest BCUT2D eigenvalue weighted by Crippen LogP contribution is 2.42. The summed E-state index contributed by atoms with van der Waals surface area (Å²) in [6, 6.07) is 2.48. The summed E-state index contributed by atoms with van der Waals surface area (Å²) in [6.07, 6.45) is 3.42. The van der Waals surface area contributed by atoms with E-state index in [9.17, 15) is 8.78 Å². The zero-order valence-corrected chi connectivity index (χ0v) is 12.3. The highest BCUT2D eigenvalue weighted by molar-refractivity contribution is 5.61. The van der Waals surface area contributed by atoms with E-state index in [4.69, 9.17) is 14.2 Å². The van der Waals surface area contributed by atoms with Gasteiger partial charge in [0.05, 0.1) is 25.4 Å². The second kappa shape index (κ2) is 5.35. The molecule has 0 radical (unpaired) electrons. The van der Waals surface area contributed by atoms with Crippen LogP contribution in [0.2, 0.25) is 0 Å². The monoisotopic (exact) mass is 311 g/mol. The van der Waals surface area contributed by atoms with Crippen LogP contribution in [0.15, 0.2) is 12.1 Å². The van der Waals surface area contributed by atoms with Gasteiger partial charge in [0.25, 0.3) is 0 Å². The standard InChI is InChI=1S/C16H19F2NO3/c17-11-9-13(18)15-14(10-11)19(5-6-20-15)12-1-3-16(4-2-12)21-7-8-22-16/h9-10,12H,1-8H2. The molecule has 0 atom stereocenters. The van der Waals surface area contributed by atoms with Crippen LogP contribution in [0.25, 0.3) is 0 Å². The van der Waals surface area contributed by atoms with Gasteiger partial charge < -0.3 is 19.1 Å². The van der Waals surface area contributed by atoms with Crippen LogP contribution in [-0.2, 0) is 9.47 Å². The third-order valence-corrected chi connectivity index (χ3v) is 4.85. The molecule has 2 aliphatic heterocycles. The van der Waals surface area contributed by atoms with E-state index in [0.29, 0.717) is 32.1 Å². The molecule has 0 aromatic heterocycles. The molecule has 22 heavy (non-hydrogen) atoms. The first kappa shape index (κ1) is 14.2. The van der Waals surface area contributed by atoms with Crippen molar-refractivity contribution >= 4 is 5.69 Å². The molecule has 1 aromatic carbocycles. The van der Waals surface area contributed by atoms with Gasteiger partial charge in [-0.05, 0) is 12.8 Å². The zero-order valence-electron chi connectivity index (χ0n) is 12.3. The van der Waals surface area contributed by atoms with E-state index in [-0.39, 0.29) is 11.8 Å². The Labute approximate surface area is 127 Å². The minimum atomic E-state index is -0.630. The SMILES string of the molecule is Fc1cc(F)c2c(c1)N(C1CCC3(CC1)OCCO3)CCO2. The fraction of sp³-hybridized carbons (Fsp3) is 0.625. The van der Waals surface area contributed by atoms with Gasteiger partial charge in [0.1, 0.15) is 12.4 Å². The molecule has 6 heteroatoms. The van der Waals surface area contributed by atoms with Crippen LogP contribution < -0.4 is 9.64 Å². The number of hydrogen-bond donors (Lipinski definition) is 0. The van der Waals surface area contributed by atoms with Crippen LogP contribution in [0.4, 0.5) is 14.5 Å². The Morgan fingerprint density at radius 3 is 2.50 bits per heavy atom. The third kappa shape index (κ3) is 2.34. The number of ether oxygens (including phenoxy) is 3. The predicted molar refractivity (Wildman–Crippen MR) is 76.1 cm³/mol. The minimum Gasteiger partial charge on any atom is -0.486 e. The van der Waals surface area contributed by atoms with Crippen molar-refractivity contribution in [1.82, 2.24) is 0 Å². The maximum Gasteiger partial charge on any atom is 0.178 e. The first-order valence-corrected chi connectivity index (χ1v) is 7.83. The molecule has 1 aliphatic carbocycles. The molecular formula is C16H19F2NO3. The highest BCUT2D eigenvalue weighted by atomic mass is 19.1. The van der Waals surface area contributed by atoms with Gasteiger partial charge >= 0.3 is 0 Å². The fourth-order valence-corrected chi connectivity index (χ4v) is 3.79. The Balaban J connectivity index is 1.55. The van der Waals surface area contributed by atoms with Crippen LogP contribution in [0.1, 0.15) is 25.7 Å². The van der Waals surface area contributed by atoms with Crippen molar-refractivity contribution in [1.29, 1.82) is 0 Å². The summed E-state index contributed by atoms with van der Waals surface area (Å²) in [7, 11) is 0. The molecule has 0 N–H and O–H groups in total. The Hall–Kier alpha value is -1.40. The molecule has 0 bridgehead atoms. The largest absolute Gasteiger partial charge is 0.486 e. The molecule has 1 saturated heterocycles. The van der Waals surface area contributed by atoms with E-state index in [2.05, 4.69) is 4.90 Å². The third-order valence-electron chi connectivity index (χ3n) is 4.85. The summed E-state index contributed by atoms with van der Waals surface area (Å²) in [5.74, 6) is -1.45. The summed E-state index contributed by atoms with van der Waals surface area (Å²) in [4.78, 5) is 2.08. The predicted octanol–water partition coefficient (Wildman–Crippen LogP) is 2.85. The Morgan fingerprint density at radius 2 is 1.77 bits per heavy atom. The molecule has 4 rings (SSSR count). The van der Waals surface area contributed by atoms with Crippen molar-refractivity contribution in [3.63, 3.8) is 0 Å². The fourth-order valence-electron chi connectivity index (χ4n) is 3.79. The molecule has 0 amide bonds. The molecule has 2 heterocycles. The summed E-state index contributed by atoms with van der Waals surface area (Å²) >= 11 is 0. The van der Waals surface area contributed by atoms with Crippen LogP contribution in [-0.4, -0.2) is 38.2 Å². The normalized spacial score (nSPS) is 24.4. The molecule has 4 nitrogen and oxygen atoms in total. The first-order valence-electron chi connectivity index (χ1n) is 7.83. The second-order valence-corrected chi connectivity index (χ2v) is 6.12. The lowest BCUT2D eigenvalue weighted by Crippen LogP contribution is -2.47. The lowest BCUT2D eigenvalue weighted by Gasteiger charge is -2.43. The van der Waals surface area contributed by atoms with Crippen LogP contribution in [0, 0.1) is 11.6 Å². The number of anilines is 1. The van der Waals surface area contributed by atoms with E-state index >= 15 is 0 Å². The van der Waals surface area contributed by atoms with E-state index in [1.165, 1.54) is 6.07 Å². The molecule has 0 unspecified atom stereocenters. The van der Waals surface area contributed by atoms with Gasteiger partial charge in [0.2, 0.25) is 0 Å². The average molecular weight is 311 g/mol. The molecule has 2 fully saturated rings. The van der Waals surface area contributed by atoms with Gasteiger partial charge in [-0.3, -0.25) is 0 Å². The summed E-state index contributed by atoms with van der Waals surface area (Å²) in [6.45, 7) is 2.38. The number of benzene rings is 1. The number of hydrogen-bond acceptors (Lipinski definition) is 4. The molecule has 3 aliphatic rings. The van der Waals surface area contributed by atoms with Crippen molar-refractivity contribution in [2.24, 2.45) is 0 Å². The van der Waals surface area contributed by atoms with Crippen LogP contribution in [0.3, 0.4) is 0 Å². The van der Waals surface area contributed by atoms with E-state index in [0.717, 1.165) is 31.7 Å². The highest BCUT2D eigenvalue weighted by Gasteiger charge is 2.42. The molecule has 1 saturated carbocycles. The first-order chi connectivity index (χ1) is 10.7. The molecular weight excluding hydrogens is 292 g/mol. The minimum absolute atomic E-state index is 0.168. The number of halogens is 2. The van der Waals surface area contributed by atoms with Gasteiger partial charge in [-0.1, -0.05) is 0 Å². The Bertz CT molecular complexity index is 565. The molecule has 1 aromatic rings. The number of rotatable bonds is 1. The maximum absolute atomic E-state index is 13.9. The maximum atomic E-state index is 13.9. The van der Waals surface area contributed by atoms with Crippen molar-refractivity contribution < 1.29 is 23.0 Å². The summed E-state index contributed by atoms with van der Waals surface area (Å²) in [5, 5.41) is 0. The summed E-state index contributed by atoms with van der Waals surface area (Å²) in [5.41, 5.74) is 0.526. The topological polar surface area (TPSA) is 30.9 Å².